The van der Waals surface area contributed by atoms with Gasteiger partial charge in [-0.3, -0.25) is 4.79 Å². The molecule has 1 aromatic heterocycles. The molecule has 0 aliphatic heterocycles. The monoisotopic (exact) mass is 296 g/mol. The Morgan fingerprint density at radius 3 is 2.44 bits per heavy atom. The Balaban J connectivity index is 3.14. The number of rotatable bonds is 5. The standard InChI is InChI=1S/C9H13ClN2O5S/c1-9(4-13,5-14)12-18(16,17)6-2-7(10)8(15)11-3-6/h2-3,12-14H,4-5H2,1H3,(H,11,15). The highest BCUT2D eigenvalue weighted by atomic mass is 35.5. The maximum absolute atomic E-state index is 11.9. The maximum atomic E-state index is 11.9. The fourth-order valence-electron chi connectivity index (χ4n) is 1.09. The summed E-state index contributed by atoms with van der Waals surface area (Å²) in [6.45, 7) is 0.164. The first-order valence-electron chi connectivity index (χ1n) is 4.88. The van der Waals surface area contributed by atoms with Crippen LogP contribution in [0.2, 0.25) is 5.02 Å². The van der Waals surface area contributed by atoms with E-state index in [-0.39, 0.29) is 9.92 Å². The smallest absolute Gasteiger partial charge is 0.266 e. The van der Waals surface area contributed by atoms with E-state index in [0.717, 1.165) is 12.3 Å². The van der Waals surface area contributed by atoms with Crippen LogP contribution in [0, 0.1) is 0 Å². The molecular weight excluding hydrogens is 284 g/mol. The Labute approximate surface area is 108 Å². The van der Waals surface area contributed by atoms with E-state index in [1.165, 1.54) is 6.92 Å². The van der Waals surface area contributed by atoms with Crippen LogP contribution in [0.15, 0.2) is 22.0 Å². The molecule has 0 bridgehead atoms. The molecule has 7 nitrogen and oxygen atoms in total. The average molecular weight is 297 g/mol. The van der Waals surface area contributed by atoms with E-state index in [1.807, 2.05) is 0 Å². The van der Waals surface area contributed by atoms with Crippen molar-refractivity contribution < 1.29 is 18.6 Å². The molecule has 0 saturated carbocycles. The van der Waals surface area contributed by atoms with E-state index in [4.69, 9.17) is 21.8 Å². The van der Waals surface area contributed by atoms with Gasteiger partial charge in [0.05, 0.1) is 23.6 Å². The number of H-pyrrole nitrogens is 1. The minimum atomic E-state index is -4.01. The molecule has 0 aliphatic carbocycles. The van der Waals surface area contributed by atoms with Gasteiger partial charge in [-0.25, -0.2) is 13.1 Å². The van der Waals surface area contributed by atoms with Gasteiger partial charge in [-0.1, -0.05) is 11.6 Å². The molecule has 9 heteroatoms. The van der Waals surface area contributed by atoms with Crippen LogP contribution in [0.25, 0.3) is 0 Å². The molecule has 0 aromatic carbocycles. The number of sulfonamides is 1. The fourth-order valence-corrected chi connectivity index (χ4v) is 2.71. The van der Waals surface area contributed by atoms with Crippen molar-refractivity contribution in [1.29, 1.82) is 0 Å². The van der Waals surface area contributed by atoms with Crippen LogP contribution in [-0.4, -0.2) is 42.4 Å². The lowest BCUT2D eigenvalue weighted by molar-refractivity contribution is 0.121. The highest BCUT2D eigenvalue weighted by Crippen LogP contribution is 2.13. The minimum absolute atomic E-state index is 0.264. The molecule has 1 rings (SSSR count). The predicted molar refractivity (Wildman–Crippen MR) is 65.0 cm³/mol. The van der Waals surface area contributed by atoms with Gasteiger partial charge < -0.3 is 15.2 Å². The largest absolute Gasteiger partial charge is 0.394 e. The van der Waals surface area contributed by atoms with Gasteiger partial charge in [0.2, 0.25) is 10.0 Å². The third kappa shape index (κ3) is 3.30. The van der Waals surface area contributed by atoms with E-state index in [1.54, 1.807) is 0 Å². The van der Waals surface area contributed by atoms with Crippen molar-refractivity contribution >= 4 is 21.6 Å². The summed E-state index contributed by atoms with van der Waals surface area (Å²) in [5, 5.41) is 17.8. The maximum Gasteiger partial charge on any atom is 0.266 e. The Hall–Kier alpha value is -0.930. The SMILES string of the molecule is CC(CO)(CO)NS(=O)(=O)c1c[nH]c(=O)c(Cl)c1. The number of hydrogen-bond donors (Lipinski definition) is 4. The zero-order chi connectivity index (χ0) is 14.0. The number of pyridine rings is 1. The number of aliphatic hydroxyl groups is 2. The van der Waals surface area contributed by atoms with Crippen molar-refractivity contribution in [3.63, 3.8) is 0 Å². The Morgan fingerprint density at radius 1 is 1.44 bits per heavy atom. The van der Waals surface area contributed by atoms with E-state index >= 15 is 0 Å². The number of aromatic amines is 1. The molecular formula is C9H13ClN2O5S. The zero-order valence-electron chi connectivity index (χ0n) is 9.47. The minimum Gasteiger partial charge on any atom is -0.394 e. The Kier molecular flexibility index (Phi) is 4.51. The van der Waals surface area contributed by atoms with Gasteiger partial charge in [0.15, 0.2) is 0 Å². The van der Waals surface area contributed by atoms with Crippen LogP contribution in [-0.2, 0) is 10.0 Å². The molecule has 0 radical (unpaired) electrons. The van der Waals surface area contributed by atoms with Crippen LogP contribution >= 0.6 is 11.6 Å². The van der Waals surface area contributed by atoms with Crippen LogP contribution in [0.1, 0.15) is 6.92 Å². The summed E-state index contributed by atoms with van der Waals surface area (Å²) in [6, 6.07) is 0.984. The number of halogens is 1. The van der Waals surface area contributed by atoms with E-state index < -0.39 is 34.3 Å². The normalized spacial score (nSPS) is 12.7. The number of nitrogens with one attached hydrogen (secondary N) is 2. The van der Waals surface area contributed by atoms with E-state index in [0.29, 0.717) is 0 Å². The second-order valence-electron chi connectivity index (χ2n) is 3.99. The van der Waals surface area contributed by atoms with Gasteiger partial charge in [-0.15, -0.1) is 0 Å². The van der Waals surface area contributed by atoms with Gasteiger partial charge in [0, 0.05) is 6.20 Å². The van der Waals surface area contributed by atoms with E-state index in [2.05, 4.69) is 9.71 Å². The Bertz CT molecular complexity index is 579. The van der Waals surface area contributed by atoms with Crippen LogP contribution in [0.5, 0.6) is 0 Å². The topological polar surface area (TPSA) is 119 Å². The molecule has 18 heavy (non-hydrogen) atoms. The highest BCUT2D eigenvalue weighted by Gasteiger charge is 2.29. The number of aromatic nitrogens is 1. The van der Waals surface area contributed by atoms with Crippen molar-refractivity contribution in [2.45, 2.75) is 17.4 Å². The summed E-state index contributed by atoms with van der Waals surface area (Å²) in [6.07, 6.45) is 0.978. The molecule has 1 aromatic rings. The average Bonchev–Trinajstić information content (AvgIpc) is 2.32. The first-order chi connectivity index (χ1) is 8.24. The number of aliphatic hydroxyl groups excluding tert-OH is 2. The second kappa shape index (κ2) is 5.37. The molecule has 0 unspecified atom stereocenters. The number of hydrogen-bond acceptors (Lipinski definition) is 5. The van der Waals surface area contributed by atoms with Crippen LogP contribution < -0.4 is 10.3 Å². The summed E-state index contributed by atoms with van der Waals surface area (Å²) >= 11 is 5.52. The van der Waals surface area contributed by atoms with Gasteiger partial charge in [-0.2, -0.15) is 0 Å². The third-order valence-electron chi connectivity index (χ3n) is 2.22. The van der Waals surface area contributed by atoms with Crippen molar-refractivity contribution in [2.75, 3.05) is 13.2 Å². The summed E-state index contributed by atoms with van der Waals surface area (Å²) in [7, 11) is -4.01. The third-order valence-corrected chi connectivity index (χ3v) is 4.12. The lowest BCUT2D eigenvalue weighted by atomic mass is 10.1. The fraction of sp³-hybridized carbons (Fsp3) is 0.444. The molecule has 0 spiro atoms. The molecule has 0 amide bonds. The van der Waals surface area contributed by atoms with Crippen molar-refractivity contribution in [2.24, 2.45) is 0 Å². The van der Waals surface area contributed by atoms with Gasteiger partial charge >= 0.3 is 0 Å². The van der Waals surface area contributed by atoms with Crippen LogP contribution in [0.3, 0.4) is 0 Å². The lowest BCUT2D eigenvalue weighted by Crippen LogP contribution is -2.51. The highest BCUT2D eigenvalue weighted by molar-refractivity contribution is 7.89. The predicted octanol–water partition coefficient (Wildman–Crippen LogP) is -0.950. The molecule has 4 N–H and O–H groups in total. The molecule has 102 valence electrons. The summed E-state index contributed by atoms with van der Waals surface area (Å²) in [4.78, 5) is 12.9. The van der Waals surface area contributed by atoms with Gasteiger partial charge in [0.1, 0.15) is 5.02 Å². The van der Waals surface area contributed by atoms with Gasteiger partial charge in [0.25, 0.3) is 5.56 Å². The molecule has 0 atom stereocenters. The zero-order valence-corrected chi connectivity index (χ0v) is 11.0. The molecule has 0 saturated heterocycles. The van der Waals surface area contributed by atoms with Gasteiger partial charge in [-0.05, 0) is 13.0 Å². The van der Waals surface area contributed by atoms with Crippen molar-refractivity contribution in [1.82, 2.24) is 9.71 Å². The summed E-state index contributed by atoms with van der Waals surface area (Å²) in [5.74, 6) is 0. The second-order valence-corrected chi connectivity index (χ2v) is 6.08. The first-order valence-corrected chi connectivity index (χ1v) is 6.74. The Morgan fingerprint density at radius 2 is 2.00 bits per heavy atom. The summed E-state index contributed by atoms with van der Waals surface area (Å²) in [5.41, 5.74) is -2.01. The lowest BCUT2D eigenvalue weighted by Gasteiger charge is -2.25. The molecule has 0 aliphatic rings. The molecule has 1 heterocycles. The van der Waals surface area contributed by atoms with Crippen LogP contribution in [0.4, 0.5) is 0 Å². The summed E-state index contributed by atoms with van der Waals surface area (Å²) < 4.78 is 26.0. The van der Waals surface area contributed by atoms with E-state index in [9.17, 15) is 13.2 Å². The quantitative estimate of drug-likeness (QED) is 0.558. The van der Waals surface area contributed by atoms with Crippen molar-refractivity contribution in [3.8, 4) is 0 Å². The van der Waals surface area contributed by atoms with Crippen molar-refractivity contribution in [3.05, 3.63) is 27.6 Å². The molecule has 0 fully saturated rings. The first kappa shape index (κ1) is 15.1.